The summed E-state index contributed by atoms with van der Waals surface area (Å²) in [7, 11) is 0. The average Bonchev–Trinajstić information content (AvgIpc) is 2.52. The van der Waals surface area contributed by atoms with Crippen molar-refractivity contribution in [3.63, 3.8) is 0 Å². The molecule has 1 fully saturated rings. The predicted octanol–water partition coefficient (Wildman–Crippen LogP) is 2.12. The molecule has 1 aromatic rings. The van der Waals surface area contributed by atoms with Gasteiger partial charge < -0.3 is 15.4 Å². The second-order valence-corrected chi connectivity index (χ2v) is 5.79. The van der Waals surface area contributed by atoms with E-state index in [2.05, 4.69) is 28.5 Å². The molecule has 1 aliphatic heterocycles. The van der Waals surface area contributed by atoms with Crippen LogP contribution in [0.15, 0.2) is 18.2 Å². The molecule has 5 heteroatoms. The maximum atomic E-state index is 6.23. The molecule has 0 atom stereocenters. The van der Waals surface area contributed by atoms with Gasteiger partial charge in [-0.05, 0) is 24.1 Å². The third-order valence-electron chi connectivity index (χ3n) is 3.60. The van der Waals surface area contributed by atoms with E-state index >= 15 is 0 Å². The maximum absolute atomic E-state index is 6.23. The minimum absolute atomic E-state index is 0.699. The van der Waals surface area contributed by atoms with Crippen LogP contribution in [0, 0.1) is 0 Å². The van der Waals surface area contributed by atoms with Gasteiger partial charge in [0, 0.05) is 45.8 Å². The van der Waals surface area contributed by atoms with Crippen LogP contribution < -0.4 is 15.4 Å². The minimum Gasteiger partial charge on any atom is -0.492 e. The first-order chi connectivity index (χ1) is 10.3. The van der Waals surface area contributed by atoms with Gasteiger partial charge in [-0.15, -0.1) is 0 Å². The van der Waals surface area contributed by atoms with Gasteiger partial charge in [0.1, 0.15) is 5.75 Å². The highest BCUT2D eigenvalue weighted by atomic mass is 35.5. The van der Waals surface area contributed by atoms with Crippen molar-refractivity contribution in [3.05, 3.63) is 28.8 Å². The van der Waals surface area contributed by atoms with Crippen LogP contribution in [-0.4, -0.2) is 50.8 Å². The van der Waals surface area contributed by atoms with Gasteiger partial charge in [0.25, 0.3) is 0 Å². The second-order valence-electron chi connectivity index (χ2n) is 5.38. The second kappa shape index (κ2) is 9.26. The summed E-state index contributed by atoms with van der Waals surface area (Å²) in [6.07, 6.45) is 0.992. The van der Waals surface area contributed by atoms with E-state index in [1.165, 1.54) is 5.56 Å². The lowest BCUT2D eigenvalue weighted by molar-refractivity contribution is 0.241. The molecule has 0 bridgehead atoms. The normalized spacial score (nSPS) is 16.1. The molecule has 2 rings (SSSR count). The van der Waals surface area contributed by atoms with Crippen LogP contribution in [0.5, 0.6) is 5.75 Å². The zero-order valence-corrected chi connectivity index (χ0v) is 13.6. The Kier molecular flexibility index (Phi) is 7.30. The maximum Gasteiger partial charge on any atom is 0.137 e. The first kappa shape index (κ1) is 16.6. The monoisotopic (exact) mass is 311 g/mol. The van der Waals surface area contributed by atoms with Crippen molar-refractivity contribution in [2.75, 3.05) is 45.9 Å². The summed E-state index contributed by atoms with van der Waals surface area (Å²) in [5, 5.41) is 7.54. The van der Waals surface area contributed by atoms with Gasteiger partial charge in [-0.2, -0.15) is 0 Å². The molecule has 0 amide bonds. The van der Waals surface area contributed by atoms with E-state index < -0.39 is 0 Å². The van der Waals surface area contributed by atoms with Gasteiger partial charge in [-0.3, -0.25) is 4.90 Å². The summed E-state index contributed by atoms with van der Waals surface area (Å²) in [5.74, 6) is 0.781. The van der Waals surface area contributed by atoms with E-state index in [4.69, 9.17) is 16.3 Å². The highest BCUT2D eigenvalue weighted by Crippen LogP contribution is 2.25. The van der Waals surface area contributed by atoms with Crippen molar-refractivity contribution in [2.45, 2.75) is 19.9 Å². The fraction of sp³-hybridized carbons (Fsp3) is 0.625. The number of nitrogens with zero attached hydrogens (tertiary/aromatic N) is 1. The smallest absolute Gasteiger partial charge is 0.137 e. The van der Waals surface area contributed by atoms with Crippen LogP contribution in [0.25, 0.3) is 0 Å². The standard InChI is InChI=1S/C16H26ClN3O/c1-2-11-21-16-4-3-14(12-15(16)17)13-19-7-10-20-8-5-18-6-9-20/h3-4,12,18-19H,2,5-11,13H2,1H3. The van der Waals surface area contributed by atoms with E-state index in [-0.39, 0.29) is 0 Å². The third kappa shape index (κ3) is 5.83. The van der Waals surface area contributed by atoms with Crippen LogP contribution in [0.1, 0.15) is 18.9 Å². The van der Waals surface area contributed by atoms with E-state index in [9.17, 15) is 0 Å². The van der Waals surface area contributed by atoms with E-state index in [0.29, 0.717) is 11.6 Å². The highest BCUT2D eigenvalue weighted by Gasteiger charge is 2.08. The van der Waals surface area contributed by atoms with Gasteiger partial charge in [0.2, 0.25) is 0 Å². The summed E-state index contributed by atoms with van der Waals surface area (Å²) in [6.45, 7) is 10.3. The highest BCUT2D eigenvalue weighted by molar-refractivity contribution is 6.32. The number of hydrogen-bond acceptors (Lipinski definition) is 4. The molecule has 4 nitrogen and oxygen atoms in total. The largest absolute Gasteiger partial charge is 0.492 e. The van der Waals surface area contributed by atoms with Crippen molar-refractivity contribution in [1.29, 1.82) is 0 Å². The number of benzene rings is 1. The molecule has 21 heavy (non-hydrogen) atoms. The number of hydrogen-bond donors (Lipinski definition) is 2. The molecule has 1 aromatic carbocycles. The van der Waals surface area contributed by atoms with Crippen LogP contribution >= 0.6 is 11.6 Å². The molecule has 118 valence electrons. The topological polar surface area (TPSA) is 36.5 Å². The van der Waals surface area contributed by atoms with Crippen molar-refractivity contribution in [1.82, 2.24) is 15.5 Å². The Morgan fingerprint density at radius 2 is 2.14 bits per heavy atom. The average molecular weight is 312 g/mol. The molecule has 2 N–H and O–H groups in total. The summed E-state index contributed by atoms with van der Waals surface area (Å²) in [6, 6.07) is 6.03. The van der Waals surface area contributed by atoms with Crippen LogP contribution in [-0.2, 0) is 6.54 Å². The molecule has 0 radical (unpaired) electrons. The number of ether oxygens (including phenoxy) is 1. The van der Waals surface area contributed by atoms with Crippen LogP contribution in [0.3, 0.4) is 0 Å². The minimum atomic E-state index is 0.699. The molecule has 0 saturated carbocycles. The Balaban J connectivity index is 1.69. The zero-order valence-electron chi connectivity index (χ0n) is 12.8. The molecular weight excluding hydrogens is 286 g/mol. The van der Waals surface area contributed by atoms with Gasteiger partial charge in [-0.1, -0.05) is 24.6 Å². The molecule has 1 heterocycles. The van der Waals surface area contributed by atoms with Crippen molar-refractivity contribution >= 4 is 11.6 Å². The summed E-state index contributed by atoms with van der Waals surface area (Å²) >= 11 is 6.23. The summed E-state index contributed by atoms with van der Waals surface area (Å²) < 4.78 is 5.58. The first-order valence-corrected chi connectivity index (χ1v) is 8.22. The number of rotatable bonds is 8. The molecule has 0 aromatic heterocycles. The zero-order chi connectivity index (χ0) is 14.9. The van der Waals surface area contributed by atoms with Crippen LogP contribution in [0.2, 0.25) is 5.02 Å². The Morgan fingerprint density at radius 3 is 2.86 bits per heavy atom. The molecule has 0 spiro atoms. The fourth-order valence-electron chi connectivity index (χ4n) is 2.39. The van der Waals surface area contributed by atoms with E-state index in [1.807, 2.05) is 12.1 Å². The van der Waals surface area contributed by atoms with E-state index in [1.54, 1.807) is 0 Å². The quantitative estimate of drug-likeness (QED) is 0.721. The predicted molar refractivity (Wildman–Crippen MR) is 88.3 cm³/mol. The van der Waals surface area contributed by atoms with Gasteiger partial charge >= 0.3 is 0 Å². The molecule has 1 saturated heterocycles. The molecule has 0 aliphatic carbocycles. The lowest BCUT2D eigenvalue weighted by Crippen LogP contribution is -2.45. The Bertz CT molecular complexity index is 422. The molecular formula is C16H26ClN3O. The van der Waals surface area contributed by atoms with Crippen molar-refractivity contribution in [2.24, 2.45) is 0 Å². The molecule has 1 aliphatic rings. The Labute approximate surface area is 132 Å². The van der Waals surface area contributed by atoms with Gasteiger partial charge in [0.05, 0.1) is 11.6 Å². The third-order valence-corrected chi connectivity index (χ3v) is 3.90. The molecule has 0 unspecified atom stereocenters. The van der Waals surface area contributed by atoms with Gasteiger partial charge in [-0.25, -0.2) is 0 Å². The van der Waals surface area contributed by atoms with Crippen LogP contribution in [0.4, 0.5) is 0 Å². The van der Waals surface area contributed by atoms with Gasteiger partial charge in [0.15, 0.2) is 0 Å². The number of halogens is 1. The lowest BCUT2D eigenvalue weighted by atomic mass is 10.2. The van der Waals surface area contributed by atoms with Crippen molar-refractivity contribution < 1.29 is 4.74 Å². The fourth-order valence-corrected chi connectivity index (χ4v) is 2.65. The Morgan fingerprint density at radius 1 is 1.33 bits per heavy atom. The SMILES string of the molecule is CCCOc1ccc(CNCCN2CCNCC2)cc1Cl. The summed E-state index contributed by atoms with van der Waals surface area (Å²) in [4.78, 5) is 2.48. The lowest BCUT2D eigenvalue weighted by Gasteiger charge is -2.27. The number of piperazine rings is 1. The van der Waals surface area contributed by atoms with Crippen molar-refractivity contribution in [3.8, 4) is 5.75 Å². The summed E-state index contributed by atoms with van der Waals surface area (Å²) in [5.41, 5.74) is 1.20. The Hall–Kier alpha value is -0.810. The van der Waals surface area contributed by atoms with E-state index in [0.717, 1.165) is 58.0 Å². The first-order valence-electron chi connectivity index (χ1n) is 7.84. The number of nitrogens with one attached hydrogen (secondary N) is 2.